The highest BCUT2D eigenvalue weighted by molar-refractivity contribution is 5.73. The molecule has 1 aromatic heterocycles. The fourth-order valence-electron chi connectivity index (χ4n) is 2.42. The first-order valence-corrected chi connectivity index (χ1v) is 7.52. The van der Waals surface area contributed by atoms with E-state index in [0.717, 1.165) is 5.82 Å². The monoisotopic (exact) mass is 300 g/mol. The van der Waals surface area contributed by atoms with Gasteiger partial charge in [-0.2, -0.15) is 0 Å². The van der Waals surface area contributed by atoms with Crippen LogP contribution in [0.5, 0.6) is 0 Å². The minimum Gasteiger partial charge on any atom is -0.467 e. The first kappa shape index (κ1) is 16.3. The van der Waals surface area contributed by atoms with Crippen LogP contribution in [0.3, 0.4) is 0 Å². The van der Waals surface area contributed by atoms with E-state index < -0.39 is 0 Å². The van der Waals surface area contributed by atoms with E-state index in [1.165, 1.54) is 18.2 Å². The van der Waals surface area contributed by atoms with E-state index in [4.69, 9.17) is 4.74 Å². The molecule has 1 atom stereocenters. The van der Waals surface area contributed by atoms with E-state index in [1.807, 2.05) is 17.7 Å². The molecule has 0 amide bonds. The lowest BCUT2D eigenvalue weighted by molar-refractivity contribution is -0.144. The summed E-state index contributed by atoms with van der Waals surface area (Å²) in [5.74, 6) is 0.601. The van der Waals surface area contributed by atoms with Gasteiger partial charge in [-0.15, -0.1) is 0 Å². The summed E-state index contributed by atoms with van der Waals surface area (Å²) in [7, 11) is 1.40. The lowest BCUT2D eigenvalue weighted by Gasteiger charge is -2.19. The van der Waals surface area contributed by atoms with Crippen molar-refractivity contribution in [3.05, 3.63) is 53.6 Å². The number of methoxy groups -OCH3 is 1. The number of nitrogens with zero attached hydrogens (tertiary/aromatic N) is 2. The number of esters is 1. The fourth-order valence-corrected chi connectivity index (χ4v) is 2.42. The lowest BCUT2D eigenvalue weighted by atomic mass is 9.86. The number of rotatable bonds is 4. The summed E-state index contributed by atoms with van der Waals surface area (Å²) >= 11 is 0. The van der Waals surface area contributed by atoms with Gasteiger partial charge in [0.05, 0.1) is 7.11 Å². The first-order chi connectivity index (χ1) is 10.3. The van der Waals surface area contributed by atoms with E-state index >= 15 is 0 Å². The minimum absolute atomic E-state index is 0.149. The van der Waals surface area contributed by atoms with Crippen molar-refractivity contribution >= 4 is 5.97 Å². The Kier molecular flexibility index (Phi) is 4.69. The lowest BCUT2D eigenvalue weighted by Crippen LogP contribution is -2.19. The maximum Gasteiger partial charge on any atom is 0.328 e. The van der Waals surface area contributed by atoms with E-state index in [2.05, 4.69) is 50.0 Å². The standard InChI is InChI=1S/C18H24N2O2/c1-13(17(21)22-5)20-11-10-19-16(20)12-14-6-8-15(9-7-14)18(2,3)4/h6-11,13H,12H2,1-5H3. The number of aromatic nitrogens is 2. The molecular formula is C18H24N2O2. The number of hydrogen-bond donors (Lipinski definition) is 0. The maximum atomic E-state index is 11.7. The Labute approximate surface area is 132 Å². The van der Waals surface area contributed by atoms with Gasteiger partial charge in [-0.1, -0.05) is 45.0 Å². The molecule has 0 bridgehead atoms. The summed E-state index contributed by atoms with van der Waals surface area (Å²) in [6.45, 7) is 8.42. The zero-order valence-electron chi connectivity index (χ0n) is 14.0. The van der Waals surface area contributed by atoms with Crippen LogP contribution in [0, 0.1) is 0 Å². The second-order valence-electron chi connectivity index (χ2n) is 6.57. The molecule has 1 unspecified atom stereocenters. The maximum absolute atomic E-state index is 11.7. The molecule has 2 rings (SSSR count). The van der Waals surface area contributed by atoms with Crippen LogP contribution in [0.4, 0.5) is 0 Å². The SMILES string of the molecule is COC(=O)C(C)n1ccnc1Cc1ccc(C(C)(C)C)cc1. The summed E-state index contributed by atoms with van der Waals surface area (Å²) in [6, 6.07) is 8.21. The molecule has 4 heteroatoms. The molecule has 0 saturated carbocycles. The Hall–Kier alpha value is -2.10. The molecule has 2 aromatic rings. The Morgan fingerprint density at radius 3 is 2.45 bits per heavy atom. The average Bonchev–Trinajstić information content (AvgIpc) is 2.93. The van der Waals surface area contributed by atoms with Crippen LogP contribution < -0.4 is 0 Å². The van der Waals surface area contributed by atoms with Crippen molar-refractivity contribution < 1.29 is 9.53 Å². The number of ether oxygens (including phenoxy) is 1. The predicted molar refractivity (Wildman–Crippen MR) is 86.9 cm³/mol. The van der Waals surface area contributed by atoms with E-state index in [9.17, 15) is 4.79 Å². The van der Waals surface area contributed by atoms with Crippen LogP contribution in [0.25, 0.3) is 0 Å². The summed E-state index contributed by atoms with van der Waals surface area (Å²) in [4.78, 5) is 16.1. The Balaban J connectivity index is 2.18. The summed E-state index contributed by atoms with van der Waals surface area (Å²) in [5, 5.41) is 0. The van der Waals surface area contributed by atoms with E-state index in [-0.39, 0.29) is 17.4 Å². The normalized spacial score (nSPS) is 13.0. The molecule has 0 fully saturated rings. The molecule has 4 nitrogen and oxygen atoms in total. The zero-order valence-corrected chi connectivity index (χ0v) is 14.0. The van der Waals surface area contributed by atoms with Crippen molar-refractivity contribution in [1.29, 1.82) is 0 Å². The van der Waals surface area contributed by atoms with Crippen molar-refractivity contribution in [3.63, 3.8) is 0 Å². The third kappa shape index (κ3) is 3.56. The van der Waals surface area contributed by atoms with Crippen molar-refractivity contribution in [2.75, 3.05) is 7.11 Å². The Morgan fingerprint density at radius 1 is 1.27 bits per heavy atom. The van der Waals surface area contributed by atoms with Crippen LogP contribution >= 0.6 is 0 Å². The number of imidazole rings is 1. The average molecular weight is 300 g/mol. The van der Waals surface area contributed by atoms with Gasteiger partial charge in [0.1, 0.15) is 11.9 Å². The molecule has 0 N–H and O–H groups in total. The van der Waals surface area contributed by atoms with Crippen molar-refractivity contribution in [2.45, 2.75) is 45.6 Å². The van der Waals surface area contributed by atoms with Gasteiger partial charge >= 0.3 is 5.97 Å². The van der Waals surface area contributed by atoms with Gasteiger partial charge in [0.15, 0.2) is 0 Å². The van der Waals surface area contributed by atoms with Gasteiger partial charge in [0.25, 0.3) is 0 Å². The molecule has 0 aliphatic heterocycles. The minimum atomic E-state index is -0.364. The number of benzene rings is 1. The predicted octanol–water partition coefficient (Wildman–Crippen LogP) is 3.51. The highest BCUT2D eigenvalue weighted by atomic mass is 16.5. The molecule has 0 aliphatic rings. The molecule has 0 saturated heterocycles. The molecular weight excluding hydrogens is 276 g/mol. The van der Waals surface area contributed by atoms with Crippen LogP contribution in [-0.2, 0) is 21.4 Å². The fraction of sp³-hybridized carbons (Fsp3) is 0.444. The smallest absolute Gasteiger partial charge is 0.328 e. The van der Waals surface area contributed by atoms with Crippen molar-refractivity contribution in [2.24, 2.45) is 0 Å². The highest BCUT2D eigenvalue weighted by Gasteiger charge is 2.18. The van der Waals surface area contributed by atoms with E-state index in [1.54, 1.807) is 6.20 Å². The Bertz CT molecular complexity index is 636. The molecule has 0 radical (unpaired) electrons. The second kappa shape index (κ2) is 6.34. The zero-order chi connectivity index (χ0) is 16.3. The van der Waals surface area contributed by atoms with Crippen LogP contribution in [0.2, 0.25) is 0 Å². The molecule has 22 heavy (non-hydrogen) atoms. The van der Waals surface area contributed by atoms with Crippen molar-refractivity contribution in [3.8, 4) is 0 Å². The molecule has 118 valence electrons. The molecule has 1 heterocycles. The molecule has 0 spiro atoms. The van der Waals surface area contributed by atoms with Crippen LogP contribution in [0.1, 0.15) is 50.7 Å². The highest BCUT2D eigenvalue weighted by Crippen LogP contribution is 2.23. The van der Waals surface area contributed by atoms with Crippen molar-refractivity contribution in [1.82, 2.24) is 9.55 Å². The van der Waals surface area contributed by atoms with Crippen LogP contribution in [0.15, 0.2) is 36.7 Å². The quantitative estimate of drug-likeness (QED) is 0.812. The third-order valence-corrected chi connectivity index (χ3v) is 3.89. The number of hydrogen-bond acceptors (Lipinski definition) is 3. The van der Waals surface area contributed by atoms with Gasteiger partial charge < -0.3 is 9.30 Å². The molecule has 0 aliphatic carbocycles. The topological polar surface area (TPSA) is 44.1 Å². The second-order valence-corrected chi connectivity index (χ2v) is 6.57. The van der Waals surface area contributed by atoms with Gasteiger partial charge in [-0.05, 0) is 23.5 Å². The Morgan fingerprint density at radius 2 is 1.91 bits per heavy atom. The van der Waals surface area contributed by atoms with Gasteiger partial charge in [-0.25, -0.2) is 9.78 Å². The third-order valence-electron chi connectivity index (χ3n) is 3.89. The van der Waals surface area contributed by atoms with Crippen LogP contribution in [-0.4, -0.2) is 22.6 Å². The number of carbonyl (C=O) groups excluding carboxylic acids is 1. The largest absolute Gasteiger partial charge is 0.467 e. The van der Waals surface area contributed by atoms with E-state index in [0.29, 0.717) is 6.42 Å². The summed E-state index contributed by atoms with van der Waals surface area (Å²) < 4.78 is 6.67. The first-order valence-electron chi connectivity index (χ1n) is 7.52. The summed E-state index contributed by atoms with van der Waals surface area (Å²) in [5.41, 5.74) is 2.64. The van der Waals surface area contributed by atoms with Gasteiger partial charge in [-0.3, -0.25) is 0 Å². The van der Waals surface area contributed by atoms with Gasteiger partial charge in [0.2, 0.25) is 0 Å². The summed E-state index contributed by atoms with van der Waals surface area (Å²) in [6.07, 6.45) is 4.23. The molecule has 1 aromatic carbocycles. The van der Waals surface area contributed by atoms with Gasteiger partial charge in [0, 0.05) is 18.8 Å². The number of carbonyl (C=O) groups is 1.